The molecule has 1 aliphatic heterocycles. The van der Waals surface area contributed by atoms with Crippen LogP contribution in [0.2, 0.25) is 0 Å². The van der Waals surface area contributed by atoms with Crippen LogP contribution < -0.4 is 10.6 Å². The number of nitrogen functional groups attached to an aromatic ring is 1. The van der Waals surface area contributed by atoms with Crippen LogP contribution in [0.15, 0.2) is 0 Å². The van der Waals surface area contributed by atoms with E-state index < -0.39 is 4.92 Å². The normalized spacial score (nSPS) is 19.5. The number of rotatable bonds is 3. The molecule has 104 valence electrons. The summed E-state index contributed by atoms with van der Waals surface area (Å²) in [5.41, 5.74) is 5.93. The number of nitrogens with two attached hydrogens (primary N) is 1. The van der Waals surface area contributed by atoms with Crippen molar-refractivity contribution in [3.8, 4) is 0 Å². The van der Waals surface area contributed by atoms with Crippen LogP contribution in [0.5, 0.6) is 0 Å². The van der Waals surface area contributed by atoms with E-state index in [2.05, 4.69) is 16.9 Å². The van der Waals surface area contributed by atoms with Crippen molar-refractivity contribution in [3.63, 3.8) is 0 Å². The van der Waals surface area contributed by atoms with Crippen molar-refractivity contribution in [1.82, 2.24) is 9.97 Å². The van der Waals surface area contributed by atoms with E-state index in [1.54, 1.807) is 6.92 Å². The Kier molecular flexibility index (Phi) is 3.82. The van der Waals surface area contributed by atoms with Crippen molar-refractivity contribution in [2.75, 3.05) is 23.7 Å². The molecule has 1 unspecified atom stereocenters. The van der Waals surface area contributed by atoms with Crippen LogP contribution >= 0.6 is 0 Å². The molecule has 1 atom stereocenters. The highest BCUT2D eigenvalue weighted by atomic mass is 16.6. The van der Waals surface area contributed by atoms with Crippen molar-refractivity contribution in [2.45, 2.75) is 33.1 Å². The summed E-state index contributed by atoms with van der Waals surface area (Å²) in [6.07, 6.45) is 3.27. The first-order valence-electron chi connectivity index (χ1n) is 6.56. The average molecular weight is 265 g/mol. The maximum Gasteiger partial charge on any atom is 0.332 e. The molecule has 1 aliphatic rings. The van der Waals surface area contributed by atoms with Crippen LogP contribution in [0.4, 0.5) is 17.5 Å². The van der Waals surface area contributed by atoms with Gasteiger partial charge in [0, 0.05) is 13.1 Å². The molecular formula is C12H19N5O2. The summed E-state index contributed by atoms with van der Waals surface area (Å²) in [5.74, 6) is 1.02. The van der Waals surface area contributed by atoms with Crippen molar-refractivity contribution in [2.24, 2.45) is 5.92 Å². The minimum atomic E-state index is -0.417. The van der Waals surface area contributed by atoms with E-state index in [4.69, 9.17) is 5.73 Å². The summed E-state index contributed by atoms with van der Waals surface area (Å²) >= 11 is 0. The van der Waals surface area contributed by atoms with Gasteiger partial charge in [-0.05, 0) is 25.7 Å². The summed E-state index contributed by atoms with van der Waals surface area (Å²) in [6, 6.07) is 0. The van der Waals surface area contributed by atoms with E-state index in [0.717, 1.165) is 25.9 Å². The highest BCUT2D eigenvalue weighted by molar-refractivity contribution is 5.62. The highest BCUT2D eigenvalue weighted by Crippen LogP contribution is 2.32. The lowest BCUT2D eigenvalue weighted by Gasteiger charge is -2.32. The molecule has 0 saturated carbocycles. The number of piperidine rings is 1. The maximum atomic E-state index is 11.2. The summed E-state index contributed by atoms with van der Waals surface area (Å²) in [6.45, 7) is 5.32. The van der Waals surface area contributed by atoms with Gasteiger partial charge in [-0.2, -0.15) is 4.98 Å². The zero-order valence-corrected chi connectivity index (χ0v) is 11.3. The van der Waals surface area contributed by atoms with E-state index >= 15 is 0 Å². The molecule has 2 rings (SSSR count). The van der Waals surface area contributed by atoms with Gasteiger partial charge in [0.05, 0.1) is 4.92 Å². The molecule has 1 aromatic heterocycles. The van der Waals surface area contributed by atoms with Gasteiger partial charge in [0.15, 0.2) is 0 Å². The average Bonchev–Trinajstić information content (AvgIpc) is 2.37. The third-order valence-corrected chi connectivity index (χ3v) is 3.64. The Hall–Kier alpha value is -1.92. The second kappa shape index (κ2) is 5.38. The molecule has 1 fully saturated rings. The van der Waals surface area contributed by atoms with E-state index in [-0.39, 0.29) is 11.6 Å². The van der Waals surface area contributed by atoms with Crippen LogP contribution in [0.25, 0.3) is 0 Å². The summed E-state index contributed by atoms with van der Waals surface area (Å²) in [7, 11) is 0. The lowest BCUT2D eigenvalue weighted by atomic mass is 9.95. The third-order valence-electron chi connectivity index (χ3n) is 3.64. The Morgan fingerprint density at radius 1 is 1.53 bits per heavy atom. The number of hydrogen-bond acceptors (Lipinski definition) is 6. The molecule has 0 aliphatic carbocycles. The van der Waals surface area contributed by atoms with Crippen LogP contribution in [0.3, 0.4) is 0 Å². The molecule has 0 amide bonds. The molecule has 2 heterocycles. The Labute approximate surface area is 112 Å². The molecule has 0 aromatic carbocycles. The van der Waals surface area contributed by atoms with Gasteiger partial charge in [-0.1, -0.05) is 13.3 Å². The van der Waals surface area contributed by atoms with Crippen molar-refractivity contribution in [3.05, 3.63) is 15.8 Å². The Bertz CT molecular complexity index is 491. The molecule has 2 N–H and O–H groups in total. The fraction of sp³-hybridized carbons (Fsp3) is 0.667. The summed E-state index contributed by atoms with van der Waals surface area (Å²) in [5, 5.41) is 11.2. The van der Waals surface area contributed by atoms with Crippen molar-refractivity contribution >= 4 is 17.5 Å². The number of aryl methyl sites for hydroxylation is 1. The Morgan fingerprint density at radius 2 is 2.26 bits per heavy atom. The third kappa shape index (κ3) is 2.74. The fourth-order valence-corrected chi connectivity index (χ4v) is 2.60. The van der Waals surface area contributed by atoms with Crippen LogP contribution in [-0.4, -0.2) is 28.0 Å². The molecule has 7 nitrogen and oxygen atoms in total. The van der Waals surface area contributed by atoms with Crippen LogP contribution in [0.1, 0.15) is 31.9 Å². The van der Waals surface area contributed by atoms with Crippen molar-refractivity contribution < 1.29 is 4.92 Å². The van der Waals surface area contributed by atoms with Crippen molar-refractivity contribution in [1.29, 1.82) is 0 Å². The van der Waals surface area contributed by atoms with Crippen LogP contribution in [-0.2, 0) is 0 Å². The molecule has 0 spiro atoms. The SMILES string of the molecule is CCC1CCCN(c2nc(N)nc(C)c2[N+](=O)[O-])C1. The maximum absolute atomic E-state index is 11.2. The highest BCUT2D eigenvalue weighted by Gasteiger charge is 2.29. The molecule has 1 saturated heterocycles. The Balaban J connectivity index is 2.40. The minimum Gasteiger partial charge on any atom is -0.368 e. The lowest BCUT2D eigenvalue weighted by Crippen LogP contribution is -2.36. The first-order valence-corrected chi connectivity index (χ1v) is 6.56. The molecular weight excluding hydrogens is 246 g/mol. The second-order valence-electron chi connectivity index (χ2n) is 4.96. The van der Waals surface area contributed by atoms with Gasteiger partial charge < -0.3 is 10.6 Å². The zero-order chi connectivity index (χ0) is 14.0. The predicted octanol–water partition coefficient (Wildman–Crippen LogP) is 1.90. The second-order valence-corrected chi connectivity index (χ2v) is 4.96. The predicted molar refractivity (Wildman–Crippen MR) is 73.1 cm³/mol. The Morgan fingerprint density at radius 3 is 2.89 bits per heavy atom. The van der Waals surface area contributed by atoms with E-state index in [9.17, 15) is 10.1 Å². The molecule has 7 heteroatoms. The summed E-state index contributed by atoms with van der Waals surface area (Å²) in [4.78, 5) is 20.7. The number of nitrogens with zero attached hydrogens (tertiary/aromatic N) is 4. The summed E-state index contributed by atoms with van der Waals surface area (Å²) < 4.78 is 0. The van der Waals surface area contributed by atoms with Gasteiger partial charge >= 0.3 is 5.69 Å². The first-order chi connectivity index (χ1) is 9.02. The lowest BCUT2D eigenvalue weighted by molar-refractivity contribution is -0.385. The smallest absolute Gasteiger partial charge is 0.332 e. The fourth-order valence-electron chi connectivity index (χ4n) is 2.60. The standard InChI is InChI=1S/C12H19N5O2/c1-3-9-5-4-6-16(7-9)11-10(17(18)19)8(2)14-12(13)15-11/h9H,3-7H2,1-2H3,(H2,13,14,15). The molecule has 19 heavy (non-hydrogen) atoms. The molecule has 0 radical (unpaired) electrons. The number of nitro groups is 1. The van der Waals surface area contributed by atoms with Gasteiger partial charge in [-0.15, -0.1) is 0 Å². The van der Waals surface area contributed by atoms with E-state index in [1.807, 2.05) is 4.90 Å². The van der Waals surface area contributed by atoms with Gasteiger partial charge in [-0.3, -0.25) is 10.1 Å². The largest absolute Gasteiger partial charge is 0.368 e. The quantitative estimate of drug-likeness (QED) is 0.662. The topological polar surface area (TPSA) is 98.2 Å². The minimum absolute atomic E-state index is 0.0223. The van der Waals surface area contributed by atoms with Gasteiger partial charge in [0.1, 0.15) is 5.69 Å². The van der Waals surface area contributed by atoms with E-state index in [1.165, 1.54) is 6.42 Å². The number of anilines is 2. The molecule has 0 bridgehead atoms. The van der Waals surface area contributed by atoms with Crippen LogP contribution in [0, 0.1) is 23.0 Å². The monoisotopic (exact) mass is 265 g/mol. The molecule has 1 aromatic rings. The van der Waals surface area contributed by atoms with Gasteiger partial charge in [0.25, 0.3) is 0 Å². The van der Waals surface area contributed by atoms with Gasteiger partial charge in [-0.25, -0.2) is 4.98 Å². The number of hydrogen-bond donors (Lipinski definition) is 1. The van der Waals surface area contributed by atoms with E-state index in [0.29, 0.717) is 17.4 Å². The number of aromatic nitrogens is 2. The zero-order valence-electron chi connectivity index (χ0n) is 11.3. The first kappa shape index (κ1) is 13.5. The van der Waals surface area contributed by atoms with Gasteiger partial charge in [0.2, 0.25) is 11.8 Å².